The molecule has 7 heteroatoms. The van der Waals surface area contributed by atoms with Gasteiger partial charge in [0.25, 0.3) is 0 Å². The topological polar surface area (TPSA) is 76.9 Å². The van der Waals surface area contributed by atoms with Crippen LogP contribution < -0.4 is 11.5 Å². The Kier molecular flexibility index (Phi) is 7.05. The lowest BCUT2D eigenvalue weighted by atomic mass is 10.1. The second-order valence-electron chi connectivity index (χ2n) is 4.47. The SMILES string of the molecule is CC1CN(C(CN=C(N)N)c2cccs2)CCO1.I. The fourth-order valence-corrected chi connectivity index (χ4v) is 3.04. The molecule has 4 N–H and O–H groups in total. The summed E-state index contributed by atoms with van der Waals surface area (Å²) in [5, 5.41) is 2.09. The highest BCUT2D eigenvalue weighted by Crippen LogP contribution is 2.27. The Labute approximate surface area is 135 Å². The van der Waals surface area contributed by atoms with Gasteiger partial charge in [0, 0.05) is 18.0 Å². The Morgan fingerprint density at radius 1 is 1.63 bits per heavy atom. The van der Waals surface area contributed by atoms with Crippen LogP contribution in [0.15, 0.2) is 22.5 Å². The zero-order valence-corrected chi connectivity index (χ0v) is 14.1. The van der Waals surface area contributed by atoms with Crippen LogP contribution in [0.4, 0.5) is 0 Å². The van der Waals surface area contributed by atoms with Crippen LogP contribution in [-0.2, 0) is 4.74 Å². The van der Waals surface area contributed by atoms with Gasteiger partial charge in [0.15, 0.2) is 5.96 Å². The lowest BCUT2D eigenvalue weighted by molar-refractivity contribution is -0.0327. The first kappa shape index (κ1) is 16.7. The summed E-state index contributed by atoms with van der Waals surface area (Å²) in [4.78, 5) is 7.87. The summed E-state index contributed by atoms with van der Waals surface area (Å²) in [7, 11) is 0. The Balaban J connectivity index is 0.00000180. The Hall–Kier alpha value is -0.380. The van der Waals surface area contributed by atoms with E-state index < -0.39 is 0 Å². The Bertz CT molecular complexity index is 394. The number of hydrogen-bond acceptors (Lipinski definition) is 4. The van der Waals surface area contributed by atoms with Crippen molar-refractivity contribution in [2.24, 2.45) is 16.5 Å². The molecule has 5 nitrogen and oxygen atoms in total. The van der Waals surface area contributed by atoms with Gasteiger partial charge in [-0.15, -0.1) is 35.3 Å². The summed E-state index contributed by atoms with van der Waals surface area (Å²) in [6.45, 7) is 5.31. The molecule has 1 fully saturated rings. The van der Waals surface area contributed by atoms with Gasteiger partial charge in [0.05, 0.1) is 25.3 Å². The molecule has 1 saturated heterocycles. The van der Waals surface area contributed by atoms with Crippen molar-refractivity contribution in [2.75, 3.05) is 26.2 Å². The van der Waals surface area contributed by atoms with Gasteiger partial charge in [0.1, 0.15) is 0 Å². The quantitative estimate of drug-likeness (QED) is 0.458. The summed E-state index contributed by atoms with van der Waals surface area (Å²) >= 11 is 1.74. The lowest BCUT2D eigenvalue weighted by Gasteiger charge is -2.36. The predicted octanol–water partition coefficient (Wildman–Crippen LogP) is 1.40. The summed E-state index contributed by atoms with van der Waals surface area (Å²) in [5.41, 5.74) is 10.9. The van der Waals surface area contributed by atoms with Gasteiger partial charge >= 0.3 is 0 Å². The number of ether oxygens (including phenoxy) is 1. The summed E-state index contributed by atoms with van der Waals surface area (Å²) in [6.07, 6.45) is 0.264. The number of hydrogen-bond donors (Lipinski definition) is 2. The van der Waals surface area contributed by atoms with Gasteiger partial charge in [-0.05, 0) is 18.4 Å². The van der Waals surface area contributed by atoms with Crippen LogP contribution in [0.5, 0.6) is 0 Å². The molecule has 0 spiro atoms. The average molecular weight is 396 g/mol. The first-order chi connectivity index (χ1) is 8.66. The van der Waals surface area contributed by atoms with E-state index in [0.717, 1.165) is 19.7 Å². The van der Waals surface area contributed by atoms with E-state index in [1.165, 1.54) is 4.88 Å². The minimum Gasteiger partial charge on any atom is -0.376 e. The summed E-state index contributed by atoms with van der Waals surface area (Å²) < 4.78 is 5.58. The van der Waals surface area contributed by atoms with Crippen molar-refractivity contribution in [1.82, 2.24) is 4.90 Å². The fraction of sp³-hybridized carbons (Fsp3) is 0.583. The number of nitrogens with two attached hydrogens (primary N) is 2. The molecule has 2 heterocycles. The molecule has 1 aliphatic heterocycles. The van der Waals surface area contributed by atoms with Gasteiger partial charge < -0.3 is 16.2 Å². The van der Waals surface area contributed by atoms with Crippen molar-refractivity contribution in [1.29, 1.82) is 0 Å². The molecular formula is C12H21IN4OS. The number of guanidine groups is 1. The van der Waals surface area contributed by atoms with Gasteiger partial charge in [-0.3, -0.25) is 9.89 Å². The second kappa shape index (κ2) is 8.03. The first-order valence-electron chi connectivity index (χ1n) is 6.11. The van der Waals surface area contributed by atoms with E-state index in [4.69, 9.17) is 16.2 Å². The molecule has 1 aromatic heterocycles. The van der Waals surface area contributed by atoms with Gasteiger partial charge in [0.2, 0.25) is 0 Å². The average Bonchev–Trinajstić information content (AvgIpc) is 2.83. The molecule has 0 aliphatic carbocycles. The third kappa shape index (κ3) is 4.90. The molecule has 0 radical (unpaired) electrons. The van der Waals surface area contributed by atoms with E-state index in [-0.39, 0.29) is 42.1 Å². The van der Waals surface area contributed by atoms with Crippen molar-refractivity contribution in [3.05, 3.63) is 22.4 Å². The van der Waals surface area contributed by atoms with Crippen LogP contribution in [0.1, 0.15) is 17.8 Å². The highest BCUT2D eigenvalue weighted by Gasteiger charge is 2.25. The van der Waals surface area contributed by atoms with Crippen LogP contribution in [0.25, 0.3) is 0 Å². The lowest BCUT2D eigenvalue weighted by Crippen LogP contribution is -2.44. The van der Waals surface area contributed by atoms with Crippen molar-refractivity contribution in [2.45, 2.75) is 19.1 Å². The molecule has 0 saturated carbocycles. The molecule has 0 bridgehead atoms. The number of halogens is 1. The molecule has 2 atom stereocenters. The number of nitrogens with zero attached hydrogens (tertiary/aromatic N) is 2. The van der Waals surface area contributed by atoms with Crippen LogP contribution in [-0.4, -0.2) is 43.2 Å². The van der Waals surface area contributed by atoms with Crippen LogP contribution in [0.3, 0.4) is 0 Å². The largest absolute Gasteiger partial charge is 0.376 e. The third-order valence-electron chi connectivity index (χ3n) is 3.03. The fourth-order valence-electron chi connectivity index (χ4n) is 2.19. The predicted molar refractivity (Wildman–Crippen MR) is 90.1 cm³/mol. The van der Waals surface area contributed by atoms with E-state index in [0.29, 0.717) is 6.54 Å². The zero-order valence-electron chi connectivity index (χ0n) is 11.0. The van der Waals surface area contributed by atoms with E-state index in [9.17, 15) is 0 Å². The number of morpholine rings is 1. The van der Waals surface area contributed by atoms with Gasteiger partial charge in [-0.2, -0.15) is 0 Å². The van der Waals surface area contributed by atoms with Crippen LogP contribution in [0, 0.1) is 0 Å². The molecular weight excluding hydrogens is 375 g/mol. The number of thiophene rings is 1. The molecule has 0 amide bonds. The maximum absolute atomic E-state index is 5.58. The maximum atomic E-state index is 5.58. The van der Waals surface area contributed by atoms with Gasteiger partial charge in [-0.25, -0.2) is 0 Å². The van der Waals surface area contributed by atoms with Crippen molar-refractivity contribution >= 4 is 41.3 Å². The van der Waals surface area contributed by atoms with Crippen LogP contribution in [0.2, 0.25) is 0 Å². The van der Waals surface area contributed by atoms with E-state index in [2.05, 4.69) is 34.3 Å². The van der Waals surface area contributed by atoms with E-state index >= 15 is 0 Å². The summed E-state index contributed by atoms with van der Waals surface area (Å²) in [5.74, 6) is 0.151. The van der Waals surface area contributed by atoms with E-state index in [1.54, 1.807) is 11.3 Å². The van der Waals surface area contributed by atoms with Crippen molar-refractivity contribution in [3.63, 3.8) is 0 Å². The Morgan fingerprint density at radius 3 is 3.00 bits per heavy atom. The maximum Gasteiger partial charge on any atom is 0.185 e. The monoisotopic (exact) mass is 396 g/mol. The van der Waals surface area contributed by atoms with Crippen molar-refractivity contribution < 1.29 is 4.74 Å². The van der Waals surface area contributed by atoms with Crippen molar-refractivity contribution in [3.8, 4) is 0 Å². The smallest absolute Gasteiger partial charge is 0.185 e. The third-order valence-corrected chi connectivity index (χ3v) is 4.01. The molecule has 108 valence electrons. The van der Waals surface area contributed by atoms with Crippen LogP contribution >= 0.6 is 35.3 Å². The number of aliphatic imine (C=N–C) groups is 1. The summed E-state index contributed by atoms with van der Waals surface area (Å²) in [6, 6.07) is 4.45. The molecule has 1 aromatic rings. The molecule has 1 aliphatic rings. The molecule has 2 unspecified atom stereocenters. The highest BCUT2D eigenvalue weighted by atomic mass is 127. The molecule has 0 aromatic carbocycles. The Morgan fingerprint density at radius 2 is 2.42 bits per heavy atom. The zero-order chi connectivity index (χ0) is 13.0. The standard InChI is InChI=1S/C12H20N4OS.HI/c1-9-8-16(4-5-17-9)10(7-15-12(13)14)11-3-2-6-18-11;/h2-3,6,9-10H,4-5,7-8H2,1H3,(H4,13,14,15);1H. The minimum atomic E-state index is 0. The number of rotatable bonds is 4. The van der Waals surface area contributed by atoms with Gasteiger partial charge in [-0.1, -0.05) is 6.07 Å². The normalized spacial score (nSPS) is 21.4. The highest BCUT2D eigenvalue weighted by molar-refractivity contribution is 14.0. The molecule has 19 heavy (non-hydrogen) atoms. The van der Waals surface area contributed by atoms with E-state index in [1.807, 2.05) is 0 Å². The molecule has 2 rings (SSSR count). The first-order valence-corrected chi connectivity index (χ1v) is 6.99. The minimum absolute atomic E-state index is 0. The second-order valence-corrected chi connectivity index (χ2v) is 5.45.